The number of rotatable bonds is 3. The topological polar surface area (TPSA) is 35.2 Å². The second-order valence-corrected chi connectivity index (χ2v) is 4.47. The second-order valence-electron chi connectivity index (χ2n) is 4.47. The third-order valence-electron chi connectivity index (χ3n) is 3.18. The Kier molecular flexibility index (Phi) is 3.99. The highest BCUT2D eigenvalue weighted by atomic mass is 19.2. The molecule has 0 heterocycles. The molecule has 0 saturated carbocycles. The maximum atomic E-state index is 13.9. The first kappa shape index (κ1) is 14.4. The Bertz CT molecular complexity index is 643. The van der Waals surface area contributed by atoms with Crippen molar-refractivity contribution in [3.63, 3.8) is 0 Å². The van der Waals surface area contributed by atoms with Gasteiger partial charge in [-0.05, 0) is 30.2 Å². The standard InChI is InChI=1S/C15H14F3NO/c1-8-3-5-10(14(18)13(8)17)15(19)9-4-6-12(20-2)11(16)7-9/h3-7,15H,19H2,1-2H3. The largest absolute Gasteiger partial charge is 0.494 e. The average molecular weight is 281 g/mol. The lowest BCUT2D eigenvalue weighted by molar-refractivity contribution is 0.386. The van der Waals surface area contributed by atoms with Gasteiger partial charge in [0.05, 0.1) is 13.2 Å². The van der Waals surface area contributed by atoms with E-state index in [1.807, 2.05) is 0 Å². The number of ether oxygens (including phenoxy) is 1. The van der Waals surface area contributed by atoms with Gasteiger partial charge in [-0.25, -0.2) is 13.2 Å². The molecule has 2 N–H and O–H groups in total. The van der Waals surface area contributed by atoms with Gasteiger partial charge < -0.3 is 10.5 Å². The van der Waals surface area contributed by atoms with E-state index >= 15 is 0 Å². The predicted molar refractivity (Wildman–Crippen MR) is 70.1 cm³/mol. The quantitative estimate of drug-likeness (QED) is 0.935. The molecule has 20 heavy (non-hydrogen) atoms. The van der Waals surface area contributed by atoms with Gasteiger partial charge in [0.25, 0.3) is 0 Å². The van der Waals surface area contributed by atoms with Crippen LogP contribution < -0.4 is 10.5 Å². The molecule has 1 unspecified atom stereocenters. The van der Waals surface area contributed by atoms with E-state index in [-0.39, 0.29) is 16.9 Å². The molecule has 2 aromatic carbocycles. The highest BCUT2D eigenvalue weighted by Gasteiger charge is 2.19. The smallest absolute Gasteiger partial charge is 0.165 e. The minimum atomic E-state index is -1.01. The molecule has 0 aliphatic rings. The number of hydrogen-bond acceptors (Lipinski definition) is 2. The Morgan fingerprint density at radius 1 is 1.05 bits per heavy atom. The molecule has 0 fully saturated rings. The van der Waals surface area contributed by atoms with Crippen LogP contribution in [0.4, 0.5) is 13.2 Å². The number of hydrogen-bond donors (Lipinski definition) is 1. The van der Waals surface area contributed by atoms with E-state index in [0.717, 1.165) is 6.07 Å². The van der Waals surface area contributed by atoms with Gasteiger partial charge in [0.2, 0.25) is 0 Å². The number of benzene rings is 2. The van der Waals surface area contributed by atoms with E-state index in [9.17, 15) is 13.2 Å². The van der Waals surface area contributed by atoms with Crippen molar-refractivity contribution in [2.24, 2.45) is 5.73 Å². The Balaban J connectivity index is 2.44. The van der Waals surface area contributed by atoms with Gasteiger partial charge in [0, 0.05) is 5.56 Å². The molecule has 0 amide bonds. The van der Waals surface area contributed by atoms with E-state index in [0.29, 0.717) is 5.56 Å². The summed E-state index contributed by atoms with van der Waals surface area (Å²) < 4.78 is 45.8. The van der Waals surface area contributed by atoms with E-state index in [1.54, 1.807) is 0 Å². The molecule has 0 spiro atoms. The van der Waals surface area contributed by atoms with E-state index in [4.69, 9.17) is 10.5 Å². The number of halogens is 3. The van der Waals surface area contributed by atoms with Crippen molar-refractivity contribution in [3.05, 3.63) is 64.5 Å². The van der Waals surface area contributed by atoms with Crippen molar-refractivity contribution in [1.29, 1.82) is 0 Å². The van der Waals surface area contributed by atoms with E-state index in [1.165, 1.54) is 38.3 Å². The Labute approximate surface area is 115 Å². The van der Waals surface area contributed by atoms with Crippen LogP contribution in [-0.2, 0) is 0 Å². The maximum Gasteiger partial charge on any atom is 0.165 e. The van der Waals surface area contributed by atoms with Crippen LogP contribution in [0.2, 0.25) is 0 Å². The van der Waals surface area contributed by atoms with Crippen molar-refractivity contribution in [2.45, 2.75) is 13.0 Å². The summed E-state index contributed by atoms with van der Waals surface area (Å²) in [6, 6.07) is 5.95. The fraction of sp³-hybridized carbons (Fsp3) is 0.200. The summed E-state index contributed by atoms with van der Waals surface area (Å²) in [5.41, 5.74) is 6.40. The van der Waals surface area contributed by atoms with Gasteiger partial charge in [0.15, 0.2) is 23.2 Å². The summed E-state index contributed by atoms with van der Waals surface area (Å²) in [5.74, 6) is -2.48. The van der Waals surface area contributed by atoms with E-state index in [2.05, 4.69) is 0 Å². The molecule has 0 radical (unpaired) electrons. The lowest BCUT2D eigenvalue weighted by Crippen LogP contribution is -2.15. The normalized spacial score (nSPS) is 12.3. The Hall–Kier alpha value is -2.01. The SMILES string of the molecule is COc1ccc(C(N)c2ccc(C)c(F)c2F)cc1F. The average Bonchev–Trinajstić information content (AvgIpc) is 2.44. The zero-order chi connectivity index (χ0) is 14.9. The molecule has 0 saturated heterocycles. The number of methoxy groups -OCH3 is 1. The third kappa shape index (κ3) is 2.49. The van der Waals surface area contributed by atoms with Gasteiger partial charge in [-0.3, -0.25) is 0 Å². The molecular weight excluding hydrogens is 267 g/mol. The molecule has 2 rings (SSSR count). The molecule has 0 aliphatic carbocycles. The van der Waals surface area contributed by atoms with Crippen LogP contribution >= 0.6 is 0 Å². The van der Waals surface area contributed by atoms with Crippen LogP contribution in [0.25, 0.3) is 0 Å². The lowest BCUT2D eigenvalue weighted by atomic mass is 9.97. The fourth-order valence-corrected chi connectivity index (χ4v) is 1.96. The van der Waals surface area contributed by atoms with Crippen LogP contribution in [0.1, 0.15) is 22.7 Å². The summed E-state index contributed by atoms with van der Waals surface area (Å²) in [5, 5.41) is 0. The van der Waals surface area contributed by atoms with Crippen molar-refractivity contribution in [2.75, 3.05) is 7.11 Å². The molecular formula is C15H14F3NO. The summed E-state index contributed by atoms with van der Waals surface area (Å²) in [6.45, 7) is 1.46. The summed E-state index contributed by atoms with van der Waals surface area (Å²) in [7, 11) is 1.34. The van der Waals surface area contributed by atoms with Crippen molar-refractivity contribution in [3.8, 4) is 5.75 Å². The third-order valence-corrected chi connectivity index (χ3v) is 3.18. The zero-order valence-corrected chi connectivity index (χ0v) is 11.1. The van der Waals surface area contributed by atoms with Gasteiger partial charge in [-0.15, -0.1) is 0 Å². The Morgan fingerprint density at radius 2 is 1.75 bits per heavy atom. The lowest BCUT2D eigenvalue weighted by Gasteiger charge is -2.15. The Morgan fingerprint density at radius 3 is 2.35 bits per heavy atom. The number of aryl methyl sites for hydroxylation is 1. The molecule has 0 aliphatic heterocycles. The molecule has 2 nitrogen and oxygen atoms in total. The monoisotopic (exact) mass is 281 g/mol. The first-order chi connectivity index (χ1) is 9.45. The van der Waals surface area contributed by atoms with E-state index < -0.39 is 23.5 Å². The maximum absolute atomic E-state index is 13.9. The highest BCUT2D eigenvalue weighted by molar-refractivity contribution is 5.38. The zero-order valence-electron chi connectivity index (χ0n) is 11.1. The molecule has 106 valence electrons. The van der Waals surface area contributed by atoms with Crippen LogP contribution in [0.3, 0.4) is 0 Å². The first-order valence-electron chi connectivity index (χ1n) is 5.99. The van der Waals surface area contributed by atoms with Crippen molar-refractivity contribution < 1.29 is 17.9 Å². The van der Waals surface area contributed by atoms with Crippen molar-refractivity contribution in [1.82, 2.24) is 0 Å². The van der Waals surface area contributed by atoms with Crippen LogP contribution in [0, 0.1) is 24.4 Å². The van der Waals surface area contributed by atoms with Gasteiger partial charge in [0.1, 0.15) is 0 Å². The fourth-order valence-electron chi connectivity index (χ4n) is 1.96. The van der Waals surface area contributed by atoms with Crippen LogP contribution in [0.15, 0.2) is 30.3 Å². The summed E-state index contributed by atoms with van der Waals surface area (Å²) >= 11 is 0. The van der Waals surface area contributed by atoms with Gasteiger partial charge >= 0.3 is 0 Å². The molecule has 5 heteroatoms. The second kappa shape index (κ2) is 5.54. The number of nitrogens with two attached hydrogens (primary N) is 1. The molecule has 0 bridgehead atoms. The van der Waals surface area contributed by atoms with Gasteiger partial charge in [-0.2, -0.15) is 0 Å². The first-order valence-corrected chi connectivity index (χ1v) is 5.99. The molecule has 2 aromatic rings. The van der Waals surface area contributed by atoms with Crippen molar-refractivity contribution >= 4 is 0 Å². The van der Waals surface area contributed by atoms with Crippen LogP contribution in [0.5, 0.6) is 5.75 Å². The van der Waals surface area contributed by atoms with Crippen LogP contribution in [-0.4, -0.2) is 7.11 Å². The highest BCUT2D eigenvalue weighted by Crippen LogP contribution is 2.27. The van der Waals surface area contributed by atoms with Gasteiger partial charge in [-0.1, -0.05) is 18.2 Å². The minimum absolute atomic E-state index is 0.0160. The molecule has 0 aromatic heterocycles. The predicted octanol–water partition coefficient (Wildman–Crippen LogP) is 3.47. The molecule has 1 atom stereocenters. The minimum Gasteiger partial charge on any atom is -0.494 e. The summed E-state index contributed by atoms with van der Waals surface area (Å²) in [6.07, 6.45) is 0. The summed E-state index contributed by atoms with van der Waals surface area (Å²) in [4.78, 5) is 0.